The molecule has 0 aliphatic carbocycles. The predicted molar refractivity (Wildman–Crippen MR) is 72.0 cm³/mol. The van der Waals surface area contributed by atoms with E-state index in [1.807, 2.05) is 0 Å². The number of ether oxygens (including phenoxy) is 1. The molecule has 2 nitrogen and oxygen atoms in total. The van der Waals surface area contributed by atoms with Crippen LogP contribution in [0.4, 0.5) is 13.2 Å². The van der Waals surface area contributed by atoms with Gasteiger partial charge in [-0.25, -0.2) is 13.2 Å². The first-order valence-electron chi connectivity index (χ1n) is 6.32. The zero-order chi connectivity index (χ0) is 15.4. The van der Waals surface area contributed by atoms with Crippen molar-refractivity contribution in [1.29, 1.82) is 0 Å². The molecule has 0 radical (unpaired) electrons. The van der Waals surface area contributed by atoms with E-state index in [0.717, 1.165) is 17.7 Å². The number of hydrogen-bond acceptors (Lipinski definition) is 2. The Morgan fingerprint density at radius 2 is 1.62 bits per heavy atom. The molecule has 0 unspecified atom stereocenters. The molecule has 0 amide bonds. The van der Waals surface area contributed by atoms with Crippen molar-refractivity contribution in [1.82, 2.24) is 0 Å². The van der Waals surface area contributed by atoms with Crippen LogP contribution in [0.2, 0.25) is 0 Å². The van der Waals surface area contributed by atoms with Crippen LogP contribution < -0.4 is 4.74 Å². The third-order valence-electron chi connectivity index (χ3n) is 3.11. The van der Waals surface area contributed by atoms with Gasteiger partial charge in [0.2, 0.25) is 0 Å². The summed E-state index contributed by atoms with van der Waals surface area (Å²) in [6, 6.07) is 8.56. The van der Waals surface area contributed by atoms with Crippen molar-refractivity contribution in [2.45, 2.75) is 12.8 Å². The third kappa shape index (κ3) is 3.62. The average molecular weight is 294 g/mol. The van der Waals surface area contributed by atoms with Crippen LogP contribution in [0.25, 0.3) is 0 Å². The fourth-order valence-corrected chi connectivity index (χ4v) is 1.91. The molecule has 21 heavy (non-hydrogen) atoms. The highest BCUT2D eigenvalue weighted by atomic mass is 19.2. The number of methoxy groups -OCH3 is 1. The number of Topliss-reactive ketones (excluding diaryl/α,β-unsaturated/α-hetero) is 1. The molecular formula is C16H13F3O2. The van der Waals surface area contributed by atoms with Gasteiger partial charge in [0.1, 0.15) is 5.75 Å². The van der Waals surface area contributed by atoms with Crippen LogP contribution in [0.1, 0.15) is 22.3 Å². The summed E-state index contributed by atoms with van der Waals surface area (Å²) in [6.45, 7) is 0. The molecule has 0 aromatic heterocycles. The molecule has 0 aliphatic heterocycles. The molecule has 0 N–H and O–H groups in total. The Labute approximate surface area is 120 Å². The molecule has 0 aliphatic rings. The smallest absolute Gasteiger partial charge is 0.194 e. The second-order valence-electron chi connectivity index (χ2n) is 4.53. The van der Waals surface area contributed by atoms with Crippen LogP contribution >= 0.6 is 0 Å². The van der Waals surface area contributed by atoms with Crippen molar-refractivity contribution in [2.75, 3.05) is 7.11 Å². The number of halogens is 3. The molecule has 2 aromatic carbocycles. The topological polar surface area (TPSA) is 26.3 Å². The summed E-state index contributed by atoms with van der Waals surface area (Å²) in [5.74, 6) is -4.02. The molecule has 2 rings (SSSR count). The van der Waals surface area contributed by atoms with Gasteiger partial charge in [-0.15, -0.1) is 0 Å². The van der Waals surface area contributed by atoms with E-state index < -0.39 is 23.2 Å². The van der Waals surface area contributed by atoms with E-state index in [1.165, 1.54) is 0 Å². The van der Waals surface area contributed by atoms with Crippen LogP contribution in [0.15, 0.2) is 36.4 Å². The summed E-state index contributed by atoms with van der Waals surface area (Å²) in [7, 11) is 1.55. The quantitative estimate of drug-likeness (QED) is 0.617. The largest absolute Gasteiger partial charge is 0.497 e. The van der Waals surface area contributed by atoms with Crippen molar-refractivity contribution in [3.63, 3.8) is 0 Å². The number of carbonyl (C=O) groups is 1. The van der Waals surface area contributed by atoms with E-state index in [4.69, 9.17) is 4.74 Å². The fourth-order valence-electron chi connectivity index (χ4n) is 1.91. The minimum absolute atomic E-state index is 0.0802. The van der Waals surface area contributed by atoms with Gasteiger partial charge >= 0.3 is 0 Å². The molecule has 0 heterocycles. The molecule has 0 fully saturated rings. The van der Waals surface area contributed by atoms with Crippen molar-refractivity contribution in [3.05, 3.63) is 65.0 Å². The van der Waals surface area contributed by atoms with Crippen molar-refractivity contribution >= 4 is 5.78 Å². The lowest BCUT2D eigenvalue weighted by Crippen LogP contribution is -2.04. The summed E-state index contributed by atoms with van der Waals surface area (Å²) in [6.07, 6.45) is 0.500. The van der Waals surface area contributed by atoms with E-state index in [-0.39, 0.29) is 12.0 Å². The predicted octanol–water partition coefficient (Wildman–Crippen LogP) is 3.93. The molecule has 0 saturated carbocycles. The van der Waals surface area contributed by atoms with Gasteiger partial charge in [-0.1, -0.05) is 12.1 Å². The van der Waals surface area contributed by atoms with Gasteiger partial charge in [-0.2, -0.15) is 0 Å². The normalized spacial score (nSPS) is 10.5. The first-order chi connectivity index (χ1) is 10.0. The van der Waals surface area contributed by atoms with Crippen LogP contribution in [0, 0.1) is 17.5 Å². The molecule has 0 bridgehead atoms. The second kappa shape index (κ2) is 6.43. The maximum absolute atomic E-state index is 13.1. The first kappa shape index (κ1) is 15.1. The first-order valence-corrected chi connectivity index (χ1v) is 6.32. The minimum atomic E-state index is -1.57. The lowest BCUT2D eigenvalue weighted by molar-refractivity contribution is 0.0981. The molecule has 110 valence electrons. The summed E-state index contributed by atoms with van der Waals surface area (Å²) in [5, 5.41) is 0. The Hall–Kier alpha value is -2.30. The standard InChI is InChI=1S/C16H13F3O2/c1-21-12-5-2-10(3-6-12)4-7-15(20)11-8-13(17)16(19)14(18)9-11/h2-3,5-6,8-9H,4,7H2,1H3. The van der Waals surface area contributed by atoms with Crippen molar-refractivity contribution < 1.29 is 22.7 Å². The average Bonchev–Trinajstić information content (AvgIpc) is 2.50. The zero-order valence-corrected chi connectivity index (χ0v) is 11.3. The Morgan fingerprint density at radius 3 is 2.14 bits per heavy atom. The van der Waals surface area contributed by atoms with Crippen molar-refractivity contribution in [2.24, 2.45) is 0 Å². The Bertz CT molecular complexity index is 628. The Morgan fingerprint density at radius 1 is 1.05 bits per heavy atom. The number of ketones is 1. The second-order valence-corrected chi connectivity index (χ2v) is 4.53. The molecule has 0 saturated heterocycles. The number of rotatable bonds is 5. The van der Waals surface area contributed by atoms with Gasteiger partial charge < -0.3 is 4.74 Å². The molecule has 5 heteroatoms. The maximum atomic E-state index is 13.1. The van der Waals surface area contributed by atoms with Gasteiger partial charge in [0.15, 0.2) is 23.2 Å². The van der Waals surface area contributed by atoms with E-state index in [2.05, 4.69) is 0 Å². The molecular weight excluding hydrogens is 281 g/mol. The zero-order valence-electron chi connectivity index (χ0n) is 11.3. The van der Waals surface area contributed by atoms with Gasteiger partial charge in [0, 0.05) is 12.0 Å². The van der Waals surface area contributed by atoms with Crippen LogP contribution in [0.5, 0.6) is 5.75 Å². The number of carbonyl (C=O) groups excluding carboxylic acids is 1. The summed E-state index contributed by atoms with van der Waals surface area (Å²) >= 11 is 0. The maximum Gasteiger partial charge on any atom is 0.194 e. The highest BCUT2D eigenvalue weighted by Crippen LogP contribution is 2.17. The highest BCUT2D eigenvalue weighted by molar-refractivity contribution is 5.96. The van der Waals surface area contributed by atoms with Crippen LogP contribution in [-0.4, -0.2) is 12.9 Å². The number of benzene rings is 2. The Balaban J connectivity index is 2.04. The van der Waals surface area contributed by atoms with E-state index in [1.54, 1.807) is 31.4 Å². The number of hydrogen-bond donors (Lipinski definition) is 0. The molecule has 0 atom stereocenters. The van der Waals surface area contributed by atoms with E-state index in [0.29, 0.717) is 12.2 Å². The van der Waals surface area contributed by atoms with Crippen molar-refractivity contribution in [3.8, 4) is 5.75 Å². The van der Waals surface area contributed by atoms with Gasteiger partial charge in [-0.3, -0.25) is 4.79 Å². The lowest BCUT2D eigenvalue weighted by atomic mass is 10.0. The molecule has 0 spiro atoms. The lowest BCUT2D eigenvalue weighted by Gasteiger charge is -2.05. The fraction of sp³-hybridized carbons (Fsp3) is 0.188. The SMILES string of the molecule is COc1ccc(CCC(=O)c2cc(F)c(F)c(F)c2)cc1. The highest BCUT2D eigenvalue weighted by Gasteiger charge is 2.15. The monoisotopic (exact) mass is 294 g/mol. The van der Waals surface area contributed by atoms with Gasteiger partial charge in [0.25, 0.3) is 0 Å². The Kier molecular flexibility index (Phi) is 4.62. The van der Waals surface area contributed by atoms with Gasteiger partial charge in [-0.05, 0) is 36.2 Å². The minimum Gasteiger partial charge on any atom is -0.497 e. The third-order valence-corrected chi connectivity index (χ3v) is 3.11. The molecule has 2 aromatic rings. The summed E-state index contributed by atoms with van der Waals surface area (Å²) in [4.78, 5) is 11.9. The summed E-state index contributed by atoms with van der Waals surface area (Å²) < 4.78 is 44.0. The van der Waals surface area contributed by atoms with E-state index >= 15 is 0 Å². The van der Waals surface area contributed by atoms with Crippen LogP contribution in [-0.2, 0) is 6.42 Å². The van der Waals surface area contributed by atoms with Gasteiger partial charge in [0.05, 0.1) is 7.11 Å². The van der Waals surface area contributed by atoms with Crippen LogP contribution in [0.3, 0.4) is 0 Å². The number of aryl methyl sites for hydroxylation is 1. The van der Waals surface area contributed by atoms with E-state index in [9.17, 15) is 18.0 Å². The summed E-state index contributed by atoms with van der Waals surface area (Å²) in [5.41, 5.74) is 0.729.